The molecule has 1 aromatic carbocycles. The van der Waals surface area contributed by atoms with Gasteiger partial charge in [0.05, 0.1) is 12.7 Å². The van der Waals surface area contributed by atoms with Crippen molar-refractivity contribution in [2.24, 2.45) is 0 Å². The zero-order valence-electron chi connectivity index (χ0n) is 9.06. The van der Waals surface area contributed by atoms with Crippen molar-refractivity contribution in [2.45, 2.75) is 24.9 Å². The molecule has 0 radical (unpaired) electrons. The third-order valence-electron chi connectivity index (χ3n) is 2.91. The Labute approximate surface area is 93.5 Å². The normalized spacial score (nSPS) is 16.9. The number of methoxy groups -OCH3 is 1. The molecule has 0 aliphatic heterocycles. The summed E-state index contributed by atoms with van der Waals surface area (Å²) >= 11 is 0. The summed E-state index contributed by atoms with van der Waals surface area (Å²) < 4.78 is 4.92. The van der Waals surface area contributed by atoms with E-state index in [-0.39, 0.29) is 11.5 Å². The second kappa shape index (κ2) is 3.79. The molecule has 4 heteroatoms. The first kappa shape index (κ1) is 11.0. The highest BCUT2D eigenvalue weighted by Gasteiger charge is 2.40. The zero-order chi connectivity index (χ0) is 11.8. The van der Waals surface area contributed by atoms with Crippen molar-refractivity contribution in [1.29, 1.82) is 0 Å². The van der Waals surface area contributed by atoms with Gasteiger partial charge in [0.15, 0.2) is 11.5 Å². The molecule has 1 aliphatic rings. The Bertz CT molecular complexity index is 421. The van der Waals surface area contributed by atoms with E-state index in [1.807, 2.05) is 0 Å². The highest BCUT2D eigenvalue weighted by Crippen LogP contribution is 2.40. The summed E-state index contributed by atoms with van der Waals surface area (Å²) in [6, 6.07) is 2.97. The van der Waals surface area contributed by atoms with E-state index in [0.29, 0.717) is 23.8 Å². The molecule has 0 bridgehead atoms. The Morgan fingerprint density at radius 3 is 2.69 bits per heavy atom. The molecule has 0 saturated heterocycles. The molecule has 2 rings (SSSR count). The number of aldehydes is 1. The number of rotatable bonds is 4. The summed E-state index contributed by atoms with van der Waals surface area (Å²) in [6.45, 7) is 0. The van der Waals surface area contributed by atoms with Gasteiger partial charge in [0.25, 0.3) is 0 Å². The molecular formula is C12H14O4. The molecule has 1 aliphatic carbocycles. The zero-order valence-corrected chi connectivity index (χ0v) is 9.06. The molecule has 0 spiro atoms. The van der Waals surface area contributed by atoms with Crippen LogP contribution in [0, 0.1) is 0 Å². The maximum Gasteiger partial charge on any atom is 0.161 e. The van der Waals surface area contributed by atoms with Gasteiger partial charge in [-0.1, -0.05) is 0 Å². The Morgan fingerprint density at radius 1 is 1.50 bits per heavy atom. The van der Waals surface area contributed by atoms with E-state index in [1.165, 1.54) is 19.2 Å². The van der Waals surface area contributed by atoms with E-state index < -0.39 is 5.60 Å². The van der Waals surface area contributed by atoms with Gasteiger partial charge in [0.2, 0.25) is 0 Å². The number of hydrogen-bond donors (Lipinski definition) is 2. The molecule has 0 atom stereocenters. The number of aliphatic hydroxyl groups is 1. The molecule has 1 saturated carbocycles. The summed E-state index contributed by atoms with van der Waals surface area (Å²) in [6.07, 6.45) is 2.61. The fraction of sp³-hybridized carbons (Fsp3) is 0.417. The second-order valence-corrected chi connectivity index (χ2v) is 4.24. The quantitative estimate of drug-likeness (QED) is 0.753. The van der Waals surface area contributed by atoms with Crippen molar-refractivity contribution in [3.63, 3.8) is 0 Å². The molecule has 1 fully saturated rings. The van der Waals surface area contributed by atoms with Crippen LogP contribution in [-0.2, 0) is 6.42 Å². The SMILES string of the molecule is COc1cc(C=O)c(CC2(O)CC2)cc1O. The number of hydrogen-bond acceptors (Lipinski definition) is 4. The van der Waals surface area contributed by atoms with E-state index in [0.717, 1.165) is 12.8 Å². The predicted molar refractivity (Wildman–Crippen MR) is 57.9 cm³/mol. The van der Waals surface area contributed by atoms with Gasteiger partial charge in [-0.15, -0.1) is 0 Å². The number of carbonyl (C=O) groups excluding carboxylic acids is 1. The Kier molecular flexibility index (Phi) is 2.59. The van der Waals surface area contributed by atoms with Crippen LogP contribution in [0.25, 0.3) is 0 Å². The van der Waals surface area contributed by atoms with E-state index in [2.05, 4.69) is 0 Å². The van der Waals surface area contributed by atoms with Crippen LogP contribution in [0.4, 0.5) is 0 Å². The van der Waals surface area contributed by atoms with Crippen LogP contribution in [0.15, 0.2) is 12.1 Å². The number of phenols is 1. The van der Waals surface area contributed by atoms with Crippen molar-refractivity contribution >= 4 is 6.29 Å². The van der Waals surface area contributed by atoms with Crippen molar-refractivity contribution in [2.75, 3.05) is 7.11 Å². The van der Waals surface area contributed by atoms with E-state index in [1.54, 1.807) is 0 Å². The maximum atomic E-state index is 10.9. The fourth-order valence-corrected chi connectivity index (χ4v) is 1.73. The lowest BCUT2D eigenvalue weighted by atomic mass is 10.0. The summed E-state index contributed by atoms with van der Waals surface area (Å²) in [7, 11) is 1.43. The highest BCUT2D eigenvalue weighted by atomic mass is 16.5. The summed E-state index contributed by atoms with van der Waals surface area (Å²) in [5, 5.41) is 19.4. The maximum absolute atomic E-state index is 10.9. The first-order valence-electron chi connectivity index (χ1n) is 5.15. The molecule has 0 amide bonds. The van der Waals surface area contributed by atoms with Gasteiger partial charge in [-0.05, 0) is 30.5 Å². The van der Waals surface area contributed by atoms with E-state index >= 15 is 0 Å². The molecular weight excluding hydrogens is 208 g/mol. The minimum atomic E-state index is -0.682. The Hall–Kier alpha value is -1.55. The van der Waals surface area contributed by atoms with Crippen LogP contribution in [0.3, 0.4) is 0 Å². The van der Waals surface area contributed by atoms with Gasteiger partial charge in [-0.3, -0.25) is 4.79 Å². The van der Waals surface area contributed by atoms with Crippen LogP contribution in [-0.4, -0.2) is 29.2 Å². The van der Waals surface area contributed by atoms with Gasteiger partial charge in [-0.2, -0.15) is 0 Å². The lowest BCUT2D eigenvalue weighted by molar-refractivity contribution is 0.112. The van der Waals surface area contributed by atoms with Gasteiger partial charge >= 0.3 is 0 Å². The van der Waals surface area contributed by atoms with Crippen LogP contribution in [0.2, 0.25) is 0 Å². The molecule has 0 aromatic heterocycles. The minimum Gasteiger partial charge on any atom is -0.504 e. The highest BCUT2D eigenvalue weighted by molar-refractivity contribution is 5.79. The summed E-state index contributed by atoms with van der Waals surface area (Å²) in [4.78, 5) is 10.9. The molecule has 0 heterocycles. The summed E-state index contributed by atoms with van der Waals surface area (Å²) in [5.41, 5.74) is 0.432. The average molecular weight is 222 g/mol. The van der Waals surface area contributed by atoms with Crippen molar-refractivity contribution in [1.82, 2.24) is 0 Å². The van der Waals surface area contributed by atoms with E-state index in [9.17, 15) is 15.0 Å². The van der Waals surface area contributed by atoms with Crippen LogP contribution in [0.5, 0.6) is 11.5 Å². The number of phenolic OH excluding ortho intramolecular Hbond substituents is 1. The topological polar surface area (TPSA) is 66.8 Å². The number of benzene rings is 1. The molecule has 0 unspecified atom stereocenters. The molecule has 86 valence electrons. The van der Waals surface area contributed by atoms with Gasteiger partial charge < -0.3 is 14.9 Å². The second-order valence-electron chi connectivity index (χ2n) is 4.24. The third kappa shape index (κ3) is 2.02. The van der Waals surface area contributed by atoms with Crippen molar-refractivity contribution in [3.8, 4) is 11.5 Å². The summed E-state index contributed by atoms with van der Waals surface area (Å²) in [5.74, 6) is 0.265. The van der Waals surface area contributed by atoms with Gasteiger partial charge in [-0.25, -0.2) is 0 Å². The first-order valence-corrected chi connectivity index (χ1v) is 5.15. The smallest absolute Gasteiger partial charge is 0.161 e. The number of carbonyl (C=O) groups is 1. The standard InChI is InChI=1S/C12H14O4/c1-16-11-5-9(7-13)8(4-10(11)14)6-12(15)2-3-12/h4-5,7,14-15H,2-3,6H2,1H3. The lowest BCUT2D eigenvalue weighted by Gasteiger charge is -2.12. The van der Waals surface area contributed by atoms with Gasteiger partial charge in [0.1, 0.15) is 6.29 Å². The van der Waals surface area contributed by atoms with Crippen molar-refractivity contribution in [3.05, 3.63) is 23.3 Å². The number of aromatic hydroxyl groups is 1. The van der Waals surface area contributed by atoms with Crippen LogP contribution >= 0.6 is 0 Å². The Balaban J connectivity index is 2.35. The van der Waals surface area contributed by atoms with Crippen LogP contribution < -0.4 is 4.74 Å². The monoisotopic (exact) mass is 222 g/mol. The molecule has 4 nitrogen and oxygen atoms in total. The predicted octanol–water partition coefficient (Wildman–Crippen LogP) is 1.28. The number of ether oxygens (including phenoxy) is 1. The minimum absolute atomic E-state index is 0.00708. The molecule has 2 N–H and O–H groups in total. The van der Waals surface area contributed by atoms with Crippen molar-refractivity contribution < 1.29 is 19.7 Å². The fourth-order valence-electron chi connectivity index (χ4n) is 1.73. The lowest BCUT2D eigenvalue weighted by Crippen LogP contribution is -2.12. The Morgan fingerprint density at radius 2 is 2.19 bits per heavy atom. The van der Waals surface area contributed by atoms with Crippen LogP contribution in [0.1, 0.15) is 28.8 Å². The van der Waals surface area contributed by atoms with Gasteiger partial charge in [0, 0.05) is 12.0 Å². The largest absolute Gasteiger partial charge is 0.504 e. The third-order valence-corrected chi connectivity index (χ3v) is 2.91. The molecule has 16 heavy (non-hydrogen) atoms. The van der Waals surface area contributed by atoms with E-state index in [4.69, 9.17) is 4.74 Å². The average Bonchev–Trinajstić information content (AvgIpc) is 2.96. The first-order chi connectivity index (χ1) is 7.58. The molecule has 1 aromatic rings.